The molecule has 0 saturated carbocycles. The van der Waals surface area contributed by atoms with Crippen LogP contribution in [0.5, 0.6) is 0 Å². The summed E-state index contributed by atoms with van der Waals surface area (Å²) in [7, 11) is 0. The van der Waals surface area contributed by atoms with E-state index < -0.39 is 12.1 Å². The molecular formula is C26H32N4O3. The predicted octanol–water partition coefficient (Wildman–Crippen LogP) is 4.57. The number of aryl methyl sites for hydroxylation is 1. The van der Waals surface area contributed by atoms with Crippen molar-refractivity contribution in [1.29, 1.82) is 0 Å². The van der Waals surface area contributed by atoms with E-state index in [0.29, 0.717) is 25.9 Å². The topological polar surface area (TPSA) is 87.3 Å². The third kappa shape index (κ3) is 5.72. The predicted molar refractivity (Wildman–Crippen MR) is 127 cm³/mol. The van der Waals surface area contributed by atoms with Crippen LogP contribution in [0.1, 0.15) is 50.3 Å². The van der Waals surface area contributed by atoms with E-state index >= 15 is 0 Å². The summed E-state index contributed by atoms with van der Waals surface area (Å²) in [6.07, 6.45) is 3.33. The van der Waals surface area contributed by atoms with Crippen LogP contribution in [0.3, 0.4) is 0 Å². The first-order valence-electron chi connectivity index (χ1n) is 11.5. The van der Waals surface area contributed by atoms with Crippen molar-refractivity contribution in [2.75, 3.05) is 6.54 Å². The number of nitrogens with zero attached hydrogens (tertiary/aromatic N) is 2. The highest BCUT2D eigenvalue weighted by Gasteiger charge is 2.30. The van der Waals surface area contributed by atoms with Gasteiger partial charge >= 0.3 is 6.09 Å². The van der Waals surface area contributed by atoms with Crippen LogP contribution in [0, 0.1) is 5.41 Å². The van der Waals surface area contributed by atoms with E-state index in [1.54, 1.807) is 0 Å². The van der Waals surface area contributed by atoms with Crippen LogP contribution >= 0.6 is 0 Å². The standard InChI is InChI=1S/C26H32N4O3/c1-26(2,3)13-14-30-16-21-19(9-11-22-20(21)15-27-29-22)10-12-23(24(30)31)28-25(32)33-17-18-7-5-4-6-8-18/h4-9,11,15,23H,10,12-14,16-17H2,1-3H3,(H,27,29)(H,28,32)/t23-/m1/s1. The molecule has 2 heterocycles. The van der Waals surface area contributed by atoms with Gasteiger partial charge in [-0.05, 0) is 47.4 Å². The maximum absolute atomic E-state index is 13.5. The number of carbonyl (C=O) groups is 2. The molecular weight excluding hydrogens is 416 g/mol. The summed E-state index contributed by atoms with van der Waals surface area (Å²) in [5, 5.41) is 11.1. The molecule has 0 radical (unpaired) electrons. The Bertz CT molecular complexity index is 1120. The Balaban J connectivity index is 1.53. The molecule has 0 bridgehead atoms. The van der Waals surface area contributed by atoms with E-state index in [2.05, 4.69) is 42.4 Å². The van der Waals surface area contributed by atoms with Crippen molar-refractivity contribution in [3.63, 3.8) is 0 Å². The summed E-state index contributed by atoms with van der Waals surface area (Å²) < 4.78 is 5.38. The van der Waals surface area contributed by atoms with Crippen LogP contribution in [-0.2, 0) is 29.1 Å². The second-order valence-corrected chi connectivity index (χ2v) is 9.90. The van der Waals surface area contributed by atoms with Gasteiger partial charge in [-0.15, -0.1) is 0 Å². The Morgan fingerprint density at radius 1 is 1.21 bits per heavy atom. The number of amides is 2. The zero-order valence-corrected chi connectivity index (χ0v) is 19.6. The van der Waals surface area contributed by atoms with Gasteiger partial charge in [-0.2, -0.15) is 5.10 Å². The summed E-state index contributed by atoms with van der Waals surface area (Å²) in [5.74, 6) is -0.0675. The van der Waals surface area contributed by atoms with Gasteiger partial charge in [0, 0.05) is 18.5 Å². The number of carbonyl (C=O) groups excluding carboxylic acids is 2. The minimum atomic E-state index is -0.624. The summed E-state index contributed by atoms with van der Waals surface area (Å²) in [4.78, 5) is 27.9. The molecule has 0 fully saturated rings. The Kier molecular flexibility index (Phi) is 6.67. The van der Waals surface area contributed by atoms with Gasteiger partial charge in [0.2, 0.25) is 5.91 Å². The lowest BCUT2D eigenvalue weighted by molar-refractivity contribution is -0.134. The highest BCUT2D eigenvalue weighted by molar-refractivity contribution is 5.88. The Hall–Kier alpha value is -3.35. The highest BCUT2D eigenvalue weighted by atomic mass is 16.5. The number of H-pyrrole nitrogens is 1. The molecule has 2 amide bonds. The van der Waals surface area contributed by atoms with Crippen LogP contribution in [0.4, 0.5) is 4.79 Å². The van der Waals surface area contributed by atoms with Crippen molar-refractivity contribution in [3.8, 4) is 0 Å². The number of alkyl carbamates (subject to hydrolysis) is 1. The lowest BCUT2D eigenvalue weighted by atomic mass is 9.90. The molecule has 0 unspecified atom stereocenters. The molecule has 174 valence electrons. The molecule has 2 N–H and O–H groups in total. The van der Waals surface area contributed by atoms with E-state index in [9.17, 15) is 9.59 Å². The number of ether oxygens (including phenoxy) is 1. The number of nitrogens with one attached hydrogen (secondary N) is 2. The van der Waals surface area contributed by atoms with E-state index in [1.807, 2.05) is 47.5 Å². The van der Waals surface area contributed by atoms with E-state index in [0.717, 1.165) is 28.5 Å². The first kappa shape index (κ1) is 22.8. The highest BCUT2D eigenvalue weighted by Crippen LogP contribution is 2.28. The van der Waals surface area contributed by atoms with Crippen LogP contribution < -0.4 is 5.32 Å². The monoisotopic (exact) mass is 448 g/mol. The van der Waals surface area contributed by atoms with Crippen molar-refractivity contribution in [3.05, 3.63) is 65.4 Å². The Morgan fingerprint density at radius 2 is 2.00 bits per heavy atom. The SMILES string of the molecule is CC(C)(C)CCN1Cc2c(ccc3[nH]ncc23)CC[C@@H](NC(=O)OCc2ccccc2)C1=O. The number of aromatic nitrogens is 2. The molecule has 1 atom stereocenters. The normalized spacial score (nSPS) is 16.8. The summed E-state index contributed by atoms with van der Waals surface area (Å²) in [6, 6.07) is 13.0. The maximum atomic E-state index is 13.5. The molecule has 3 aromatic rings. The van der Waals surface area contributed by atoms with Crippen LogP contribution in [0.2, 0.25) is 0 Å². The number of rotatable bonds is 5. The lowest BCUT2D eigenvalue weighted by Crippen LogP contribution is -2.50. The fourth-order valence-corrected chi connectivity index (χ4v) is 4.16. The minimum absolute atomic E-state index is 0.0675. The van der Waals surface area contributed by atoms with Crippen LogP contribution in [0.25, 0.3) is 10.9 Å². The molecule has 1 aliphatic heterocycles. The first-order valence-corrected chi connectivity index (χ1v) is 11.5. The molecule has 2 aromatic carbocycles. The third-order valence-corrected chi connectivity index (χ3v) is 6.13. The third-order valence-electron chi connectivity index (χ3n) is 6.13. The van der Waals surface area contributed by atoms with Crippen molar-refractivity contribution in [2.24, 2.45) is 5.41 Å². The molecule has 1 aliphatic rings. The van der Waals surface area contributed by atoms with Gasteiger partial charge < -0.3 is 15.0 Å². The van der Waals surface area contributed by atoms with Crippen molar-refractivity contribution < 1.29 is 14.3 Å². The van der Waals surface area contributed by atoms with Crippen LogP contribution in [-0.4, -0.2) is 39.7 Å². The number of hydrogen-bond donors (Lipinski definition) is 2. The number of fused-ring (bicyclic) bond motifs is 3. The fourth-order valence-electron chi connectivity index (χ4n) is 4.16. The minimum Gasteiger partial charge on any atom is -0.445 e. The summed E-state index contributed by atoms with van der Waals surface area (Å²) >= 11 is 0. The molecule has 0 aliphatic carbocycles. The maximum Gasteiger partial charge on any atom is 0.408 e. The smallest absolute Gasteiger partial charge is 0.408 e. The molecule has 7 nitrogen and oxygen atoms in total. The van der Waals surface area contributed by atoms with Gasteiger partial charge in [0.15, 0.2) is 0 Å². The second kappa shape index (κ2) is 9.65. The number of aromatic amines is 1. The summed E-state index contributed by atoms with van der Waals surface area (Å²) in [5.41, 5.74) is 4.28. The zero-order chi connectivity index (χ0) is 23.4. The van der Waals surface area contributed by atoms with Gasteiger partial charge in [0.1, 0.15) is 12.6 Å². The van der Waals surface area contributed by atoms with Crippen molar-refractivity contribution in [2.45, 2.75) is 59.2 Å². The molecule has 0 saturated heterocycles. The van der Waals surface area contributed by atoms with Gasteiger partial charge in [-0.25, -0.2) is 4.79 Å². The number of benzene rings is 2. The van der Waals surface area contributed by atoms with Crippen LogP contribution in [0.15, 0.2) is 48.7 Å². The zero-order valence-electron chi connectivity index (χ0n) is 19.6. The second-order valence-electron chi connectivity index (χ2n) is 9.90. The van der Waals surface area contributed by atoms with Crippen molar-refractivity contribution >= 4 is 22.9 Å². The van der Waals surface area contributed by atoms with E-state index in [1.165, 1.54) is 5.56 Å². The van der Waals surface area contributed by atoms with Gasteiger partial charge in [0.25, 0.3) is 0 Å². The fraction of sp³-hybridized carbons (Fsp3) is 0.423. The quantitative estimate of drug-likeness (QED) is 0.599. The van der Waals surface area contributed by atoms with Gasteiger partial charge in [-0.3, -0.25) is 9.89 Å². The molecule has 1 aromatic heterocycles. The van der Waals surface area contributed by atoms with Gasteiger partial charge in [-0.1, -0.05) is 57.2 Å². The number of hydrogen-bond acceptors (Lipinski definition) is 4. The van der Waals surface area contributed by atoms with Crippen molar-refractivity contribution in [1.82, 2.24) is 20.4 Å². The summed E-state index contributed by atoms with van der Waals surface area (Å²) in [6.45, 7) is 7.79. The van der Waals surface area contributed by atoms with Gasteiger partial charge in [0.05, 0.1) is 11.7 Å². The van der Waals surface area contributed by atoms with E-state index in [-0.39, 0.29) is 17.9 Å². The molecule has 4 rings (SSSR count). The Morgan fingerprint density at radius 3 is 2.76 bits per heavy atom. The Labute approximate surface area is 194 Å². The largest absolute Gasteiger partial charge is 0.445 e. The van der Waals surface area contributed by atoms with E-state index in [4.69, 9.17) is 4.74 Å². The first-order chi connectivity index (χ1) is 15.8. The average molecular weight is 449 g/mol. The molecule has 0 spiro atoms. The average Bonchev–Trinajstić information content (AvgIpc) is 3.26. The molecule has 33 heavy (non-hydrogen) atoms. The molecule has 7 heteroatoms. The lowest BCUT2D eigenvalue weighted by Gasteiger charge is -2.33.